The fourth-order valence-electron chi connectivity index (χ4n) is 2.27. The number of piperazine rings is 1. The van der Waals surface area contributed by atoms with Gasteiger partial charge in [-0.05, 0) is 31.1 Å². The van der Waals surface area contributed by atoms with Crippen LogP contribution in [0, 0.1) is 0 Å². The molecule has 2 rings (SSSR count). The predicted molar refractivity (Wildman–Crippen MR) is 66.3 cm³/mol. The minimum absolute atomic E-state index is 0.0358. The number of likely N-dealkylation sites (N-methyl/N-ethyl adjacent to an activating group) is 1. The minimum atomic E-state index is -0.0358. The van der Waals surface area contributed by atoms with Gasteiger partial charge >= 0.3 is 0 Å². The summed E-state index contributed by atoms with van der Waals surface area (Å²) in [6.45, 7) is 7.71. The van der Waals surface area contributed by atoms with Crippen LogP contribution in [-0.2, 0) is 0 Å². The van der Waals surface area contributed by atoms with E-state index in [1.165, 1.54) is 6.26 Å². The highest BCUT2D eigenvalue weighted by Gasteiger charge is 2.27. The van der Waals surface area contributed by atoms with Crippen LogP contribution >= 0.6 is 11.6 Å². The lowest BCUT2D eigenvalue weighted by atomic mass is 10.1. The predicted octanol–water partition coefficient (Wildman–Crippen LogP) is 2.10. The summed E-state index contributed by atoms with van der Waals surface area (Å²) in [5, 5.41) is 0.181. The molecule has 1 aromatic heterocycles. The second kappa shape index (κ2) is 5.10. The molecule has 1 amide bonds. The lowest BCUT2D eigenvalue weighted by Gasteiger charge is -2.39. The van der Waals surface area contributed by atoms with Crippen LogP contribution in [0.15, 0.2) is 16.7 Å². The van der Waals surface area contributed by atoms with E-state index in [1.54, 1.807) is 6.07 Å². The fourth-order valence-corrected chi connectivity index (χ4v) is 2.46. The molecule has 0 N–H and O–H groups in total. The first-order valence-electron chi connectivity index (χ1n) is 5.89. The molecular weight excluding hydrogens is 240 g/mol. The molecule has 94 valence electrons. The number of hydrogen-bond donors (Lipinski definition) is 0. The Bertz CT molecular complexity index is 405. The van der Waals surface area contributed by atoms with Crippen LogP contribution < -0.4 is 0 Å². The Labute approximate surface area is 106 Å². The molecule has 0 aliphatic carbocycles. The molecule has 4 nitrogen and oxygen atoms in total. The van der Waals surface area contributed by atoms with Crippen molar-refractivity contribution in [2.45, 2.75) is 19.9 Å². The van der Waals surface area contributed by atoms with Crippen LogP contribution in [-0.4, -0.2) is 47.9 Å². The van der Waals surface area contributed by atoms with Gasteiger partial charge < -0.3 is 9.32 Å². The standard InChI is InChI=1S/C12H17ClN2O2/c1-3-14-5-6-15(8-9(14)2)12(16)10-4-7-17-11(10)13/h4,7,9H,3,5-6,8H2,1-2H3. The van der Waals surface area contributed by atoms with Gasteiger partial charge in [-0.25, -0.2) is 0 Å². The zero-order chi connectivity index (χ0) is 12.4. The Morgan fingerprint density at radius 1 is 1.59 bits per heavy atom. The van der Waals surface area contributed by atoms with Crippen molar-refractivity contribution in [1.82, 2.24) is 9.80 Å². The number of furan rings is 1. The number of halogens is 1. The monoisotopic (exact) mass is 256 g/mol. The summed E-state index contributed by atoms with van der Waals surface area (Å²) in [4.78, 5) is 16.4. The summed E-state index contributed by atoms with van der Waals surface area (Å²) in [7, 11) is 0. The Balaban J connectivity index is 2.05. The maximum absolute atomic E-state index is 12.2. The molecule has 0 bridgehead atoms. The third-order valence-electron chi connectivity index (χ3n) is 3.31. The number of carbonyl (C=O) groups is 1. The number of hydrogen-bond acceptors (Lipinski definition) is 3. The summed E-state index contributed by atoms with van der Waals surface area (Å²) in [5.41, 5.74) is 0.462. The van der Waals surface area contributed by atoms with E-state index in [0.29, 0.717) is 11.6 Å². The highest BCUT2D eigenvalue weighted by Crippen LogP contribution is 2.20. The molecule has 0 saturated carbocycles. The van der Waals surface area contributed by atoms with E-state index in [9.17, 15) is 4.79 Å². The first kappa shape index (κ1) is 12.5. The summed E-state index contributed by atoms with van der Waals surface area (Å²) >= 11 is 5.82. The van der Waals surface area contributed by atoms with Crippen molar-refractivity contribution in [2.75, 3.05) is 26.2 Å². The van der Waals surface area contributed by atoms with Crippen molar-refractivity contribution in [3.63, 3.8) is 0 Å². The van der Waals surface area contributed by atoms with E-state index in [-0.39, 0.29) is 11.1 Å². The third kappa shape index (κ3) is 2.48. The van der Waals surface area contributed by atoms with E-state index in [2.05, 4.69) is 18.7 Å². The summed E-state index contributed by atoms with van der Waals surface area (Å²) in [5.74, 6) is -0.0358. The summed E-state index contributed by atoms with van der Waals surface area (Å²) in [6, 6.07) is 2.02. The van der Waals surface area contributed by atoms with E-state index < -0.39 is 0 Å². The van der Waals surface area contributed by atoms with Gasteiger partial charge in [0.05, 0.1) is 11.8 Å². The zero-order valence-corrected chi connectivity index (χ0v) is 10.9. The number of nitrogens with zero attached hydrogens (tertiary/aromatic N) is 2. The molecule has 1 atom stereocenters. The molecule has 5 heteroatoms. The van der Waals surface area contributed by atoms with Gasteiger partial charge in [0.2, 0.25) is 5.22 Å². The summed E-state index contributed by atoms with van der Waals surface area (Å²) < 4.78 is 4.95. The average molecular weight is 257 g/mol. The van der Waals surface area contributed by atoms with E-state index in [4.69, 9.17) is 16.0 Å². The van der Waals surface area contributed by atoms with E-state index >= 15 is 0 Å². The van der Waals surface area contributed by atoms with Crippen LogP contribution in [0.5, 0.6) is 0 Å². The molecule has 1 aliphatic heterocycles. The van der Waals surface area contributed by atoms with E-state index in [1.807, 2.05) is 4.90 Å². The molecule has 1 aromatic rings. The molecule has 1 fully saturated rings. The lowest BCUT2D eigenvalue weighted by Crippen LogP contribution is -2.53. The van der Waals surface area contributed by atoms with Crippen molar-refractivity contribution in [2.24, 2.45) is 0 Å². The van der Waals surface area contributed by atoms with Gasteiger partial charge in [0.15, 0.2) is 0 Å². The maximum Gasteiger partial charge on any atom is 0.258 e. The second-order valence-electron chi connectivity index (χ2n) is 4.34. The first-order valence-corrected chi connectivity index (χ1v) is 6.27. The van der Waals surface area contributed by atoms with Gasteiger partial charge in [-0.1, -0.05) is 6.92 Å². The van der Waals surface area contributed by atoms with Crippen LogP contribution in [0.25, 0.3) is 0 Å². The summed E-state index contributed by atoms with van der Waals surface area (Å²) in [6.07, 6.45) is 1.45. The molecule has 0 radical (unpaired) electrons. The van der Waals surface area contributed by atoms with Crippen LogP contribution in [0.1, 0.15) is 24.2 Å². The molecule has 2 heterocycles. The molecule has 1 aliphatic rings. The van der Waals surface area contributed by atoms with E-state index in [0.717, 1.165) is 26.2 Å². The third-order valence-corrected chi connectivity index (χ3v) is 3.60. The largest absolute Gasteiger partial charge is 0.452 e. The Kier molecular flexibility index (Phi) is 3.74. The fraction of sp³-hybridized carbons (Fsp3) is 0.583. The minimum Gasteiger partial charge on any atom is -0.452 e. The van der Waals surface area contributed by atoms with Gasteiger partial charge in [-0.15, -0.1) is 0 Å². The van der Waals surface area contributed by atoms with Gasteiger partial charge in [-0.2, -0.15) is 0 Å². The van der Waals surface area contributed by atoms with Crippen molar-refractivity contribution < 1.29 is 9.21 Å². The molecule has 0 spiro atoms. The Morgan fingerprint density at radius 3 is 2.88 bits per heavy atom. The molecular formula is C12H17ClN2O2. The molecule has 1 unspecified atom stereocenters. The smallest absolute Gasteiger partial charge is 0.258 e. The van der Waals surface area contributed by atoms with Crippen molar-refractivity contribution in [3.05, 3.63) is 23.1 Å². The van der Waals surface area contributed by atoms with Gasteiger partial charge in [-0.3, -0.25) is 9.69 Å². The normalized spacial score (nSPS) is 21.8. The van der Waals surface area contributed by atoms with Gasteiger partial charge in [0.25, 0.3) is 5.91 Å². The van der Waals surface area contributed by atoms with Crippen molar-refractivity contribution in [3.8, 4) is 0 Å². The van der Waals surface area contributed by atoms with Crippen LogP contribution in [0.4, 0.5) is 0 Å². The SMILES string of the molecule is CCN1CCN(C(=O)c2ccoc2Cl)CC1C. The Hall–Kier alpha value is -1.00. The lowest BCUT2D eigenvalue weighted by molar-refractivity contribution is 0.0528. The number of amides is 1. The van der Waals surface area contributed by atoms with Crippen LogP contribution in [0.2, 0.25) is 5.22 Å². The maximum atomic E-state index is 12.2. The highest BCUT2D eigenvalue weighted by molar-refractivity contribution is 6.32. The quantitative estimate of drug-likeness (QED) is 0.813. The molecule has 0 aromatic carbocycles. The topological polar surface area (TPSA) is 36.7 Å². The van der Waals surface area contributed by atoms with Crippen molar-refractivity contribution in [1.29, 1.82) is 0 Å². The highest BCUT2D eigenvalue weighted by atomic mass is 35.5. The zero-order valence-electron chi connectivity index (χ0n) is 10.1. The number of rotatable bonds is 2. The average Bonchev–Trinajstić information content (AvgIpc) is 2.74. The Morgan fingerprint density at radius 2 is 2.35 bits per heavy atom. The van der Waals surface area contributed by atoms with Crippen LogP contribution in [0.3, 0.4) is 0 Å². The number of carbonyl (C=O) groups excluding carboxylic acids is 1. The second-order valence-corrected chi connectivity index (χ2v) is 4.68. The van der Waals surface area contributed by atoms with Gasteiger partial charge in [0, 0.05) is 25.7 Å². The van der Waals surface area contributed by atoms with Crippen molar-refractivity contribution >= 4 is 17.5 Å². The van der Waals surface area contributed by atoms with Gasteiger partial charge in [0.1, 0.15) is 0 Å². The molecule has 17 heavy (non-hydrogen) atoms. The first-order chi connectivity index (χ1) is 8.13. The molecule has 1 saturated heterocycles.